The number of aromatic hydroxyl groups is 1. The fraction of sp³-hybridized carbons (Fsp3) is 0.533. The lowest BCUT2D eigenvalue weighted by atomic mass is 10.1. The minimum atomic E-state index is -0.260. The SMILES string of the molecule is COc1cc(C(=O)NCCCN2CCCN(CCC(CCCO)O/N=C/c3ccccc3)CC2)cc(O)c1OC. The molecule has 1 unspecified atom stereocenters. The first-order chi connectivity index (χ1) is 19.5. The first kappa shape index (κ1) is 31.2. The summed E-state index contributed by atoms with van der Waals surface area (Å²) in [5, 5.41) is 26.5. The Kier molecular flexibility index (Phi) is 13.5. The van der Waals surface area contributed by atoms with Gasteiger partial charge in [0.15, 0.2) is 11.5 Å². The van der Waals surface area contributed by atoms with E-state index in [0.717, 1.165) is 70.5 Å². The summed E-state index contributed by atoms with van der Waals surface area (Å²) in [7, 11) is 2.90. The zero-order chi connectivity index (χ0) is 28.6. The quantitative estimate of drug-likeness (QED) is 0.164. The second kappa shape index (κ2) is 17.4. The highest BCUT2D eigenvalue weighted by molar-refractivity contribution is 5.95. The Bertz CT molecular complexity index is 1050. The van der Waals surface area contributed by atoms with Gasteiger partial charge in [-0.2, -0.15) is 0 Å². The predicted molar refractivity (Wildman–Crippen MR) is 156 cm³/mol. The average Bonchev–Trinajstić information content (AvgIpc) is 3.21. The van der Waals surface area contributed by atoms with Gasteiger partial charge in [-0.05, 0) is 69.4 Å². The number of ether oxygens (including phenoxy) is 2. The van der Waals surface area contributed by atoms with E-state index >= 15 is 0 Å². The van der Waals surface area contributed by atoms with Gasteiger partial charge >= 0.3 is 0 Å². The van der Waals surface area contributed by atoms with Crippen LogP contribution in [0.4, 0.5) is 0 Å². The molecule has 1 saturated heterocycles. The molecule has 2 aromatic rings. The van der Waals surface area contributed by atoms with Crippen LogP contribution in [0.25, 0.3) is 0 Å². The summed E-state index contributed by atoms with van der Waals surface area (Å²) in [6.07, 6.45) is 5.97. The fourth-order valence-electron chi connectivity index (χ4n) is 4.77. The van der Waals surface area contributed by atoms with Crippen LogP contribution in [0.1, 0.15) is 48.0 Å². The summed E-state index contributed by atoms with van der Waals surface area (Å²) in [5.41, 5.74) is 1.32. The lowest BCUT2D eigenvalue weighted by molar-refractivity contribution is 0.0357. The van der Waals surface area contributed by atoms with Gasteiger partial charge in [-0.3, -0.25) is 4.79 Å². The topological polar surface area (TPSA) is 116 Å². The molecule has 10 nitrogen and oxygen atoms in total. The van der Waals surface area contributed by atoms with E-state index in [9.17, 15) is 15.0 Å². The third-order valence-electron chi connectivity index (χ3n) is 7.00. The Morgan fingerprint density at radius 1 is 1.02 bits per heavy atom. The normalized spacial score (nSPS) is 15.5. The van der Waals surface area contributed by atoms with Gasteiger partial charge in [-0.15, -0.1) is 0 Å². The number of aliphatic hydroxyl groups is 1. The number of hydrogen-bond acceptors (Lipinski definition) is 9. The molecule has 0 spiro atoms. The molecule has 0 bridgehead atoms. The minimum Gasteiger partial charge on any atom is -0.504 e. The molecular formula is C30H44N4O6. The number of phenols is 1. The zero-order valence-electron chi connectivity index (χ0n) is 23.8. The van der Waals surface area contributed by atoms with Crippen LogP contribution in [-0.2, 0) is 4.84 Å². The van der Waals surface area contributed by atoms with Gasteiger partial charge in [-0.1, -0.05) is 35.5 Å². The smallest absolute Gasteiger partial charge is 0.251 e. The molecule has 1 aliphatic rings. The molecule has 10 heteroatoms. The molecule has 220 valence electrons. The third-order valence-corrected chi connectivity index (χ3v) is 7.00. The number of methoxy groups -OCH3 is 2. The monoisotopic (exact) mass is 556 g/mol. The van der Waals surface area contributed by atoms with Crippen molar-refractivity contribution in [3.63, 3.8) is 0 Å². The van der Waals surface area contributed by atoms with E-state index in [4.69, 9.17) is 14.3 Å². The summed E-state index contributed by atoms with van der Waals surface area (Å²) >= 11 is 0. The largest absolute Gasteiger partial charge is 0.504 e. The second-order valence-corrected chi connectivity index (χ2v) is 9.90. The number of amides is 1. The van der Waals surface area contributed by atoms with Crippen LogP contribution in [-0.4, -0.2) is 105 Å². The van der Waals surface area contributed by atoms with Gasteiger partial charge in [0.05, 0.1) is 20.4 Å². The van der Waals surface area contributed by atoms with Crippen molar-refractivity contribution in [3.8, 4) is 17.2 Å². The van der Waals surface area contributed by atoms with Crippen LogP contribution in [0.15, 0.2) is 47.6 Å². The van der Waals surface area contributed by atoms with Gasteiger partial charge in [-0.25, -0.2) is 0 Å². The van der Waals surface area contributed by atoms with Crippen molar-refractivity contribution in [2.24, 2.45) is 5.16 Å². The Morgan fingerprint density at radius 2 is 1.77 bits per heavy atom. The molecule has 1 atom stereocenters. The average molecular weight is 557 g/mol. The zero-order valence-corrected chi connectivity index (χ0v) is 23.8. The van der Waals surface area contributed by atoms with Crippen molar-refractivity contribution in [2.45, 2.75) is 38.2 Å². The Labute approximate surface area is 237 Å². The standard InChI is InChI=1S/C30H44N4O6/c1-38-28-22-25(21-27(36)29(28)39-2)30(37)31-13-7-14-33-15-8-16-34(19-18-33)17-12-26(11-6-20-35)40-32-23-24-9-4-3-5-10-24/h3-5,9-10,21-23,26,35-36H,6-8,11-20H2,1-2H3,(H,31,37)/b32-23+. The van der Waals surface area contributed by atoms with E-state index in [1.165, 1.54) is 20.3 Å². The van der Waals surface area contributed by atoms with E-state index in [-0.39, 0.29) is 30.1 Å². The van der Waals surface area contributed by atoms with Crippen LogP contribution < -0.4 is 14.8 Å². The molecule has 0 saturated carbocycles. The molecule has 0 aromatic heterocycles. The number of carbonyl (C=O) groups is 1. The molecule has 40 heavy (non-hydrogen) atoms. The fourth-order valence-corrected chi connectivity index (χ4v) is 4.77. The van der Waals surface area contributed by atoms with Crippen molar-refractivity contribution < 1.29 is 29.3 Å². The van der Waals surface area contributed by atoms with E-state index in [1.807, 2.05) is 30.3 Å². The minimum absolute atomic E-state index is 0.0253. The van der Waals surface area contributed by atoms with Gasteiger partial charge in [0.25, 0.3) is 5.91 Å². The molecular weight excluding hydrogens is 512 g/mol. The molecule has 3 N–H and O–H groups in total. The molecule has 3 rings (SSSR count). The highest BCUT2D eigenvalue weighted by Crippen LogP contribution is 2.37. The van der Waals surface area contributed by atoms with Crippen molar-refractivity contribution in [2.75, 3.05) is 66.6 Å². The number of nitrogens with zero attached hydrogens (tertiary/aromatic N) is 3. The van der Waals surface area contributed by atoms with Crippen molar-refractivity contribution in [3.05, 3.63) is 53.6 Å². The number of aliphatic hydroxyl groups excluding tert-OH is 1. The number of rotatable bonds is 16. The van der Waals surface area contributed by atoms with Gasteiger partial charge in [0.1, 0.15) is 6.10 Å². The molecule has 0 aliphatic carbocycles. The predicted octanol–water partition coefficient (Wildman–Crippen LogP) is 3.12. The number of carbonyl (C=O) groups excluding carboxylic acids is 1. The Hall–Kier alpha value is -3.34. The number of hydrogen-bond donors (Lipinski definition) is 3. The maximum absolute atomic E-state index is 12.6. The summed E-state index contributed by atoms with van der Waals surface area (Å²) in [5.74, 6) is 0.128. The van der Waals surface area contributed by atoms with Crippen LogP contribution in [0.5, 0.6) is 17.2 Å². The van der Waals surface area contributed by atoms with E-state index in [0.29, 0.717) is 24.3 Å². The lowest BCUT2D eigenvalue weighted by Gasteiger charge is -2.23. The first-order valence-corrected chi connectivity index (χ1v) is 14.1. The van der Waals surface area contributed by atoms with E-state index in [2.05, 4.69) is 20.3 Å². The van der Waals surface area contributed by atoms with Crippen molar-refractivity contribution in [1.82, 2.24) is 15.1 Å². The highest BCUT2D eigenvalue weighted by Gasteiger charge is 2.18. The maximum atomic E-state index is 12.6. The molecule has 1 fully saturated rings. The lowest BCUT2D eigenvalue weighted by Crippen LogP contribution is -2.34. The highest BCUT2D eigenvalue weighted by atomic mass is 16.6. The number of phenolic OH excluding ortho intramolecular Hbond substituents is 1. The van der Waals surface area contributed by atoms with E-state index in [1.54, 1.807) is 12.3 Å². The summed E-state index contributed by atoms with van der Waals surface area (Å²) in [4.78, 5) is 23.3. The number of nitrogens with one attached hydrogen (secondary N) is 1. The maximum Gasteiger partial charge on any atom is 0.251 e. The Morgan fingerprint density at radius 3 is 2.48 bits per heavy atom. The van der Waals surface area contributed by atoms with Crippen LogP contribution in [0.3, 0.4) is 0 Å². The summed E-state index contributed by atoms with van der Waals surface area (Å²) in [6, 6.07) is 12.8. The molecule has 0 radical (unpaired) electrons. The van der Waals surface area contributed by atoms with Crippen LogP contribution in [0.2, 0.25) is 0 Å². The van der Waals surface area contributed by atoms with Crippen molar-refractivity contribution in [1.29, 1.82) is 0 Å². The van der Waals surface area contributed by atoms with Gasteiger partial charge < -0.3 is 39.6 Å². The first-order valence-electron chi connectivity index (χ1n) is 14.1. The van der Waals surface area contributed by atoms with Gasteiger partial charge in [0.2, 0.25) is 5.75 Å². The van der Waals surface area contributed by atoms with Crippen LogP contribution >= 0.6 is 0 Å². The summed E-state index contributed by atoms with van der Waals surface area (Å²) < 4.78 is 10.3. The molecule has 2 aromatic carbocycles. The Balaban J connectivity index is 1.37. The number of benzene rings is 2. The molecule has 1 heterocycles. The molecule has 1 amide bonds. The van der Waals surface area contributed by atoms with Crippen LogP contribution in [0, 0.1) is 0 Å². The number of oxime groups is 1. The molecule has 1 aliphatic heterocycles. The van der Waals surface area contributed by atoms with Gasteiger partial charge in [0, 0.05) is 38.3 Å². The van der Waals surface area contributed by atoms with Crippen molar-refractivity contribution >= 4 is 12.1 Å². The van der Waals surface area contributed by atoms with E-state index < -0.39 is 0 Å². The second-order valence-electron chi connectivity index (χ2n) is 9.90. The third kappa shape index (κ3) is 10.3. The summed E-state index contributed by atoms with van der Waals surface area (Å²) in [6.45, 7) is 6.55.